The highest BCUT2D eigenvalue weighted by atomic mass is 32.2. The van der Waals surface area contributed by atoms with Gasteiger partial charge in [-0.25, -0.2) is 8.42 Å². The number of ether oxygens (including phenoxy) is 2. The van der Waals surface area contributed by atoms with Crippen molar-refractivity contribution < 1.29 is 17.9 Å². The van der Waals surface area contributed by atoms with Gasteiger partial charge in [-0.1, -0.05) is 0 Å². The second-order valence-corrected chi connectivity index (χ2v) is 7.62. The molecule has 3 aromatic carbocycles. The first-order valence-corrected chi connectivity index (χ1v) is 10.3. The fourth-order valence-corrected chi connectivity index (χ4v) is 3.62. The summed E-state index contributed by atoms with van der Waals surface area (Å²) in [5, 5.41) is 3.26. The summed E-state index contributed by atoms with van der Waals surface area (Å²) in [4.78, 5) is 0.171. The van der Waals surface area contributed by atoms with Gasteiger partial charge >= 0.3 is 0 Å². The van der Waals surface area contributed by atoms with E-state index >= 15 is 0 Å². The number of hydrogen-bond donors (Lipinski definition) is 2. The zero-order chi connectivity index (χ0) is 20.0. The van der Waals surface area contributed by atoms with Crippen molar-refractivity contribution in [1.82, 2.24) is 0 Å². The second kappa shape index (κ2) is 8.67. The molecule has 0 saturated heterocycles. The van der Waals surface area contributed by atoms with E-state index in [0.717, 1.165) is 17.1 Å². The molecule has 2 N–H and O–H groups in total. The Labute approximate surface area is 165 Å². The summed E-state index contributed by atoms with van der Waals surface area (Å²) < 4.78 is 38.0. The zero-order valence-corrected chi connectivity index (χ0v) is 16.5. The summed E-state index contributed by atoms with van der Waals surface area (Å²) in [6.07, 6.45) is 0. The summed E-state index contributed by atoms with van der Waals surface area (Å²) in [6.45, 7) is 2.57. The van der Waals surface area contributed by atoms with Gasteiger partial charge in [0.2, 0.25) is 0 Å². The van der Waals surface area contributed by atoms with Crippen LogP contribution >= 0.6 is 0 Å². The first kappa shape index (κ1) is 19.6. The molecule has 0 spiro atoms. The third kappa shape index (κ3) is 4.95. The first-order chi connectivity index (χ1) is 13.5. The predicted octanol–water partition coefficient (Wildman–Crippen LogP) is 4.64. The van der Waals surface area contributed by atoms with Crippen LogP contribution in [0.25, 0.3) is 0 Å². The number of sulfonamides is 1. The highest BCUT2D eigenvalue weighted by Gasteiger charge is 2.14. The molecule has 0 fully saturated rings. The van der Waals surface area contributed by atoms with Crippen molar-refractivity contribution in [2.45, 2.75) is 11.8 Å². The minimum atomic E-state index is -3.66. The van der Waals surface area contributed by atoms with Crippen LogP contribution in [0.1, 0.15) is 6.92 Å². The average Bonchev–Trinajstić information content (AvgIpc) is 2.71. The molecule has 0 radical (unpaired) electrons. The Morgan fingerprint density at radius 2 is 1.25 bits per heavy atom. The normalized spacial score (nSPS) is 10.9. The molecule has 146 valence electrons. The van der Waals surface area contributed by atoms with Crippen molar-refractivity contribution in [2.75, 3.05) is 23.8 Å². The molecule has 0 atom stereocenters. The zero-order valence-electron chi connectivity index (χ0n) is 15.7. The van der Waals surface area contributed by atoms with E-state index in [4.69, 9.17) is 9.47 Å². The molecule has 3 rings (SSSR count). The van der Waals surface area contributed by atoms with E-state index in [9.17, 15) is 8.42 Å². The first-order valence-electron chi connectivity index (χ1n) is 8.77. The van der Waals surface area contributed by atoms with Gasteiger partial charge in [0, 0.05) is 17.1 Å². The average molecular weight is 398 g/mol. The molecule has 0 saturated carbocycles. The maximum atomic E-state index is 12.5. The molecular formula is C21H22N2O4S. The van der Waals surface area contributed by atoms with Crippen LogP contribution in [0, 0.1) is 0 Å². The largest absolute Gasteiger partial charge is 0.497 e. The summed E-state index contributed by atoms with van der Waals surface area (Å²) in [6, 6.07) is 20.9. The van der Waals surface area contributed by atoms with Crippen LogP contribution in [0.2, 0.25) is 0 Å². The van der Waals surface area contributed by atoms with Gasteiger partial charge in [-0.3, -0.25) is 4.72 Å². The fourth-order valence-electron chi connectivity index (χ4n) is 2.56. The Morgan fingerprint density at radius 3 is 1.79 bits per heavy atom. The number of anilines is 3. The smallest absolute Gasteiger partial charge is 0.261 e. The van der Waals surface area contributed by atoms with Crippen LogP contribution in [0.4, 0.5) is 17.1 Å². The molecule has 0 aliphatic rings. The maximum absolute atomic E-state index is 12.5. The molecule has 28 heavy (non-hydrogen) atoms. The van der Waals surface area contributed by atoms with Crippen LogP contribution in [0.5, 0.6) is 11.5 Å². The minimum Gasteiger partial charge on any atom is -0.497 e. The second-order valence-electron chi connectivity index (χ2n) is 5.94. The topological polar surface area (TPSA) is 76.7 Å². The lowest BCUT2D eigenvalue weighted by Crippen LogP contribution is -2.12. The van der Waals surface area contributed by atoms with Crippen LogP contribution in [-0.4, -0.2) is 22.1 Å². The van der Waals surface area contributed by atoms with Gasteiger partial charge in [0.05, 0.1) is 18.6 Å². The van der Waals surface area contributed by atoms with Gasteiger partial charge < -0.3 is 14.8 Å². The summed E-state index contributed by atoms with van der Waals surface area (Å²) in [5.74, 6) is 1.42. The third-order valence-corrected chi connectivity index (χ3v) is 5.36. The number of benzene rings is 3. The number of rotatable bonds is 8. The van der Waals surface area contributed by atoms with Crippen LogP contribution in [0.15, 0.2) is 77.7 Å². The SMILES string of the molecule is CCOc1ccc(Nc2ccc(NS(=O)(=O)c3ccc(OC)cc3)cc2)cc1. The standard InChI is InChI=1S/C21H22N2O4S/c1-3-27-20-10-8-17(9-11-20)22-16-4-6-18(7-5-16)23-28(24,25)21-14-12-19(26-2)13-15-21/h4-15,22-23H,3H2,1-2H3. The number of nitrogens with one attached hydrogen (secondary N) is 2. The highest BCUT2D eigenvalue weighted by Crippen LogP contribution is 2.23. The molecule has 0 aromatic heterocycles. The molecule has 3 aromatic rings. The van der Waals surface area contributed by atoms with Crippen molar-refractivity contribution in [3.8, 4) is 11.5 Å². The lowest BCUT2D eigenvalue weighted by atomic mass is 10.2. The van der Waals surface area contributed by atoms with Crippen LogP contribution in [-0.2, 0) is 10.0 Å². The Balaban J connectivity index is 1.66. The van der Waals surface area contributed by atoms with Gasteiger partial charge in [-0.2, -0.15) is 0 Å². The number of methoxy groups -OCH3 is 1. The maximum Gasteiger partial charge on any atom is 0.261 e. The van der Waals surface area contributed by atoms with Crippen LogP contribution < -0.4 is 19.5 Å². The van der Waals surface area contributed by atoms with Crippen molar-refractivity contribution in [1.29, 1.82) is 0 Å². The molecule has 0 aliphatic carbocycles. The summed E-state index contributed by atoms with van der Waals surface area (Å²) in [7, 11) is -2.13. The molecule has 0 bridgehead atoms. The van der Waals surface area contributed by atoms with Gasteiger partial charge in [0.15, 0.2) is 0 Å². The lowest BCUT2D eigenvalue weighted by Gasteiger charge is -2.11. The minimum absolute atomic E-state index is 0.171. The summed E-state index contributed by atoms with van der Waals surface area (Å²) >= 11 is 0. The molecular weight excluding hydrogens is 376 g/mol. The van der Waals surface area contributed by atoms with Gasteiger partial charge in [-0.15, -0.1) is 0 Å². The Kier molecular flexibility index (Phi) is 6.06. The van der Waals surface area contributed by atoms with Crippen molar-refractivity contribution in [3.05, 3.63) is 72.8 Å². The molecule has 0 heterocycles. The summed E-state index contributed by atoms with van der Waals surface area (Å²) in [5.41, 5.74) is 2.24. The Hall–Kier alpha value is -3.19. The van der Waals surface area contributed by atoms with E-state index in [2.05, 4.69) is 10.0 Å². The molecule has 0 unspecified atom stereocenters. The van der Waals surface area contributed by atoms with E-state index in [1.165, 1.54) is 19.2 Å². The molecule has 0 amide bonds. The van der Waals surface area contributed by atoms with Crippen molar-refractivity contribution >= 4 is 27.1 Å². The fraction of sp³-hybridized carbons (Fsp3) is 0.143. The van der Waals surface area contributed by atoms with E-state index in [0.29, 0.717) is 18.0 Å². The third-order valence-electron chi connectivity index (χ3n) is 3.96. The Bertz CT molecular complexity index is 1000. The quantitative estimate of drug-likeness (QED) is 0.578. The van der Waals surface area contributed by atoms with Gasteiger partial charge in [0.25, 0.3) is 10.0 Å². The van der Waals surface area contributed by atoms with Gasteiger partial charge in [-0.05, 0) is 79.7 Å². The predicted molar refractivity (Wildman–Crippen MR) is 111 cm³/mol. The van der Waals surface area contributed by atoms with E-state index in [-0.39, 0.29) is 4.90 Å². The van der Waals surface area contributed by atoms with Crippen molar-refractivity contribution in [2.24, 2.45) is 0 Å². The van der Waals surface area contributed by atoms with E-state index < -0.39 is 10.0 Å². The number of hydrogen-bond acceptors (Lipinski definition) is 5. The molecule has 7 heteroatoms. The van der Waals surface area contributed by atoms with Gasteiger partial charge in [0.1, 0.15) is 11.5 Å². The highest BCUT2D eigenvalue weighted by molar-refractivity contribution is 7.92. The van der Waals surface area contributed by atoms with Crippen molar-refractivity contribution in [3.63, 3.8) is 0 Å². The Morgan fingerprint density at radius 1 is 0.750 bits per heavy atom. The van der Waals surface area contributed by atoms with E-state index in [1.54, 1.807) is 24.3 Å². The van der Waals surface area contributed by atoms with Crippen LogP contribution in [0.3, 0.4) is 0 Å². The molecule has 6 nitrogen and oxygen atoms in total. The molecule has 0 aliphatic heterocycles. The lowest BCUT2D eigenvalue weighted by molar-refractivity contribution is 0.340. The van der Waals surface area contributed by atoms with E-state index in [1.807, 2.05) is 43.3 Å². The monoisotopic (exact) mass is 398 g/mol.